The van der Waals surface area contributed by atoms with Gasteiger partial charge in [0.2, 0.25) is 0 Å². The van der Waals surface area contributed by atoms with Crippen molar-refractivity contribution in [3.05, 3.63) is 18.0 Å². The number of anilines is 1. The van der Waals surface area contributed by atoms with Crippen molar-refractivity contribution in [3.63, 3.8) is 0 Å². The molecule has 2 aromatic rings. The first-order valence-corrected chi connectivity index (χ1v) is 6.14. The summed E-state index contributed by atoms with van der Waals surface area (Å²) in [4.78, 5) is 2.07. The van der Waals surface area contributed by atoms with Gasteiger partial charge in [-0.3, -0.25) is 0 Å². The average molecular weight is 288 g/mol. The Labute approximate surface area is 113 Å². The second-order valence-electron chi connectivity index (χ2n) is 4.33. The molecule has 2 rings (SSSR count). The van der Waals surface area contributed by atoms with E-state index in [2.05, 4.69) is 25.5 Å². The van der Waals surface area contributed by atoms with Crippen molar-refractivity contribution in [2.24, 2.45) is 0 Å². The van der Waals surface area contributed by atoms with Gasteiger partial charge in [-0.25, -0.2) is 0 Å². The first-order chi connectivity index (χ1) is 9.41. The molecular formula is C11H15F3N6. The lowest BCUT2D eigenvalue weighted by molar-refractivity contribution is -0.146. The van der Waals surface area contributed by atoms with Crippen LogP contribution >= 0.6 is 0 Å². The zero-order valence-corrected chi connectivity index (χ0v) is 11.1. The Morgan fingerprint density at radius 1 is 1.30 bits per heavy atom. The molecule has 2 heterocycles. The molecule has 0 saturated carbocycles. The Bertz CT molecular complexity index is 579. The number of fused-ring (bicyclic) bond motifs is 1. The number of aromatic nitrogens is 4. The minimum absolute atomic E-state index is 0.0635. The fourth-order valence-corrected chi connectivity index (χ4v) is 1.59. The highest BCUT2D eigenvalue weighted by molar-refractivity contribution is 5.44. The van der Waals surface area contributed by atoms with Gasteiger partial charge < -0.3 is 10.2 Å². The second kappa shape index (κ2) is 5.61. The SMILES string of the molecule is CCN(C)CCNc1ccc2nnc(C(F)(F)F)n2n1. The van der Waals surface area contributed by atoms with Crippen molar-refractivity contribution >= 4 is 11.5 Å². The Balaban J connectivity index is 2.16. The molecule has 0 spiro atoms. The molecule has 0 atom stereocenters. The smallest absolute Gasteiger partial charge is 0.367 e. The van der Waals surface area contributed by atoms with Gasteiger partial charge in [-0.1, -0.05) is 6.92 Å². The van der Waals surface area contributed by atoms with E-state index in [-0.39, 0.29) is 5.65 Å². The highest BCUT2D eigenvalue weighted by atomic mass is 19.4. The summed E-state index contributed by atoms with van der Waals surface area (Å²) >= 11 is 0. The van der Waals surface area contributed by atoms with Gasteiger partial charge in [0.15, 0.2) is 5.65 Å². The summed E-state index contributed by atoms with van der Waals surface area (Å²) in [5, 5.41) is 13.4. The summed E-state index contributed by atoms with van der Waals surface area (Å²) in [6.45, 7) is 4.28. The summed E-state index contributed by atoms with van der Waals surface area (Å²) in [5.41, 5.74) is 0.0635. The number of nitrogens with one attached hydrogen (secondary N) is 1. The van der Waals surface area contributed by atoms with Crippen LogP contribution in [0.15, 0.2) is 12.1 Å². The highest BCUT2D eigenvalue weighted by Crippen LogP contribution is 2.27. The molecule has 2 aromatic heterocycles. The zero-order chi connectivity index (χ0) is 14.8. The first kappa shape index (κ1) is 14.5. The molecule has 0 aliphatic heterocycles. The highest BCUT2D eigenvalue weighted by Gasteiger charge is 2.37. The van der Waals surface area contributed by atoms with Crippen LogP contribution in [-0.2, 0) is 6.18 Å². The van der Waals surface area contributed by atoms with E-state index in [1.807, 2.05) is 14.0 Å². The van der Waals surface area contributed by atoms with Crippen LogP contribution < -0.4 is 5.32 Å². The number of hydrogen-bond donors (Lipinski definition) is 1. The topological polar surface area (TPSA) is 58.3 Å². The third-order valence-electron chi connectivity index (χ3n) is 2.86. The Hall–Kier alpha value is -1.90. The molecule has 0 aliphatic rings. The van der Waals surface area contributed by atoms with E-state index >= 15 is 0 Å². The largest absolute Gasteiger partial charge is 0.453 e. The van der Waals surface area contributed by atoms with Gasteiger partial charge in [0.1, 0.15) is 5.82 Å². The molecule has 1 N–H and O–H groups in total. The van der Waals surface area contributed by atoms with Gasteiger partial charge in [-0.05, 0) is 25.7 Å². The Kier molecular flexibility index (Phi) is 4.07. The molecule has 0 unspecified atom stereocenters. The van der Waals surface area contributed by atoms with Gasteiger partial charge >= 0.3 is 6.18 Å². The predicted octanol–water partition coefficient (Wildman–Crippen LogP) is 1.51. The molecule has 20 heavy (non-hydrogen) atoms. The predicted molar refractivity (Wildman–Crippen MR) is 67.4 cm³/mol. The molecule has 6 nitrogen and oxygen atoms in total. The van der Waals surface area contributed by atoms with Crippen molar-refractivity contribution in [2.45, 2.75) is 13.1 Å². The minimum Gasteiger partial charge on any atom is -0.367 e. The molecule has 9 heteroatoms. The Morgan fingerprint density at radius 2 is 2.05 bits per heavy atom. The van der Waals surface area contributed by atoms with Gasteiger partial charge in [0.25, 0.3) is 5.82 Å². The van der Waals surface area contributed by atoms with Crippen LogP contribution in [0.25, 0.3) is 5.65 Å². The van der Waals surface area contributed by atoms with E-state index in [9.17, 15) is 13.2 Å². The Morgan fingerprint density at radius 3 is 2.70 bits per heavy atom. The van der Waals surface area contributed by atoms with Crippen molar-refractivity contribution in [3.8, 4) is 0 Å². The van der Waals surface area contributed by atoms with Gasteiger partial charge in [-0.15, -0.1) is 15.3 Å². The lowest BCUT2D eigenvalue weighted by Crippen LogP contribution is -2.25. The molecule has 0 bridgehead atoms. The molecule has 0 radical (unpaired) electrons. The summed E-state index contributed by atoms with van der Waals surface area (Å²) in [6.07, 6.45) is -4.58. The number of alkyl halides is 3. The van der Waals surface area contributed by atoms with Crippen molar-refractivity contribution in [1.82, 2.24) is 24.7 Å². The van der Waals surface area contributed by atoms with Crippen LogP contribution in [0.1, 0.15) is 12.7 Å². The molecule has 0 fully saturated rings. The zero-order valence-electron chi connectivity index (χ0n) is 11.1. The molecule has 110 valence electrons. The van der Waals surface area contributed by atoms with Crippen LogP contribution in [0, 0.1) is 0 Å². The van der Waals surface area contributed by atoms with Crippen LogP contribution in [0.5, 0.6) is 0 Å². The number of hydrogen-bond acceptors (Lipinski definition) is 5. The molecule has 0 aliphatic carbocycles. The van der Waals surface area contributed by atoms with E-state index in [0.29, 0.717) is 16.9 Å². The third-order valence-corrected chi connectivity index (χ3v) is 2.86. The lowest BCUT2D eigenvalue weighted by Gasteiger charge is -2.14. The molecule has 0 saturated heterocycles. The number of halogens is 3. The van der Waals surface area contributed by atoms with E-state index < -0.39 is 12.0 Å². The standard InChI is InChI=1S/C11H15F3N6/c1-3-19(2)7-6-15-8-4-5-9-16-17-10(11(12,13)14)20(9)18-8/h4-5H,3,6-7H2,1-2H3,(H,15,18). The van der Waals surface area contributed by atoms with Crippen LogP contribution in [-0.4, -0.2) is 51.4 Å². The van der Waals surface area contributed by atoms with E-state index in [1.54, 1.807) is 6.07 Å². The summed E-state index contributed by atoms with van der Waals surface area (Å²) in [7, 11) is 1.96. The quantitative estimate of drug-likeness (QED) is 0.903. The monoisotopic (exact) mass is 288 g/mol. The maximum absolute atomic E-state index is 12.7. The van der Waals surface area contributed by atoms with Crippen molar-refractivity contribution in [1.29, 1.82) is 0 Å². The summed E-state index contributed by atoms with van der Waals surface area (Å²) in [6, 6.07) is 3.03. The summed E-state index contributed by atoms with van der Waals surface area (Å²) in [5.74, 6) is -0.769. The molecule has 0 amide bonds. The summed E-state index contributed by atoms with van der Waals surface area (Å²) < 4.78 is 38.8. The normalized spacial score (nSPS) is 12.3. The fraction of sp³-hybridized carbons (Fsp3) is 0.545. The third kappa shape index (κ3) is 3.16. The van der Waals surface area contributed by atoms with Gasteiger partial charge in [-0.2, -0.15) is 17.7 Å². The van der Waals surface area contributed by atoms with Crippen molar-refractivity contribution in [2.75, 3.05) is 32.0 Å². The van der Waals surface area contributed by atoms with Gasteiger partial charge in [0.05, 0.1) is 0 Å². The van der Waals surface area contributed by atoms with E-state index in [4.69, 9.17) is 0 Å². The second-order valence-corrected chi connectivity index (χ2v) is 4.33. The van der Waals surface area contributed by atoms with Crippen LogP contribution in [0.4, 0.5) is 19.0 Å². The van der Waals surface area contributed by atoms with Crippen LogP contribution in [0.2, 0.25) is 0 Å². The average Bonchev–Trinajstić information content (AvgIpc) is 2.81. The lowest BCUT2D eigenvalue weighted by atomic mass is 10.4. The maximum Gasteiger partial charge on any atom is 0.453 e. The van der Waals surface area contributed by atoms with E-state index in [0.717, 1.165) is 13.1 Å². The van der Waals surface area contributed by atoms with Crippen molar-refractivity contribution < 1.29 is 13.2 Å². The van der Waals surface area contributed by atoms with Gasteiger partial charge in [0, 0.05) is 13.1 Å². The first-order valence-electron chi connectivity index (χ1n) is 6.14. The number of nitrogens with zero attached hydrogens (tertiary/aromatic N) is 5. The number of likely N-dealkylation sites (N-methyl/N-ethyl adjacent to an activating group) is 1. The maximum atomic E-state index is 12.7. The van der Waals surface area contributed by atoms with Crippen LogP contribution in [0.3, 0.4) is 0 Å². The minimum atomic E-state index is -4.58. The number of rotatable bonds is 5. The van der Waals surface area contributed by atoms with E-state index in [1.165, 1.54) is 6.07 Å². The fourth-order valence-electron chi connectivity index (χ4n) is 1.59. The molecule has 0 aromatic carbocycles. The molecular weight excluding hydrogens is 273 g/mol.